The lowest BCUT2D eigenvalue weighted by atomic mass is 9.78. The molecule has 99 heavy (non-hydrogen) atoms. The van der Waals surface area contributed by atoms with Crippen molar-refractivity contribution in [3.8, 4) is 0 Å². The summed E-state index contributed by atoms with van der Waals surface area (Å²) in [5.74, 6) is -13.4. The fourth-order valence-corrected chi connectivity index (χ4v) is 13.9. The Hall–Kier alpha value is -6.78. The van der Waals surface area contributed by atoms with E-state index in [4.69, 9.17) is 0 Å². The number of amides is 12. The highest BCUT2D eigenvalue weighted by atomic mass is 19.4. The van der Waals surface area contributed by atoms with Crippen LogP contribution in [0.15, 0.2) is 0 Å². The molecule has 12 amide bonds. The maximum Gasteiger partial charge on any atom is 0.394 e. The first-order valence-electron chi connectivity index (χ1n) is 35.4. The number of unbranched alkanes of at least 4 members (excludes halogenated alkanes) is 1. The van der Waals surface area contributed by atoms with Crippen LogP contribution in [-0.2, 0) is 57.5 Å². The van der Waals surface area contributed by atoms with E-state index < -0.39 is 201 Å². The minimum Gasteiger partial charge on any atom is -0.343 e. The minimum atomic E-state index is -4.79. The van der Waals surface area contributed by atoms with Crippen LogP contribution in [0.1, 0.15) is 184 Å². The summed E-state index contributed by atoms with van der Waals surface area (Å²) in [6.45, 7) is 12.2. The standard InChI is InChI=1S/C69H114F6N12O12/c1-41(2)33-51-61(93)78-59(45-23-17-16-18-24-45)66(98)82(11)39-57(90)80(9)40-58(91)83(12)50(25-19-20-26-54(71)72)65(97)81(10)38-55(88)76-48(30-28-44-27-29-46(47(70)36-44)69(73,74)75)63(95)85(14)53(35-43(5)6)62(94)79-68(7,8)67(99)86(15)52(34-42(3)4)60(92)77-49(37-56(89)84(51)13)64(96)87-31-21-22-32-87/h41-54,59H,16-40H2,1-15H3,(H,76,88)(H,77,92)(H,78,93)(H,79,94)/t44?,46?,47?,48-,49-,50-,51-,52-,53-,59-/m0/s1. The summed E-state index contributed by atoms with van der Waals surface area (Å²) in [6, 6.07) is -9.59. The van der Waals surface area contributed by atoms with Crippen LogP contribution in [0.5, 0.6) is 0 Å². The van der Waals surface area contributed by atoms with Gasteiger partial charge in [-0.15, -0.1) is 0 Å². The van der Waals surface area contributed by atoms with E-state index in [1.807, 2.05) is 13.8 Å². The van der Waals surface area contributed by atoms with Gasteiger partial charge < -0.3 is 60.5 Å². The Morgan fingerprint density at radius 3 is 1.62 bits per heavy atom. The molecule has 4 aliphatic rings. The molecule has 0 aromatic heterocycles. The van der Waals surface area contributed by atoms with E-state index in [1.54, 1.807) is 27.7 Å². The molecule has 2 aliphatic heterocycles. The molecular weight excluding hydrogens is 1300 g/mol. The molecule has 564 valence electrons. The summed E-state index contributed by atoms with van der Waals surface area (Å²) in [7, 11) is 9.13. The first-order chi connectivity index (χ1) is 46.1. The fraction of sp³-hybridized carbons (Fsp3) is 0.826. The number of likely N-dealkylation sites (N-methyl/N-ethyl adjacent to an activating group) is 7. The molecule has 4 rings (SSSR count). The average molecular weight is 1420 g/mol. The molecule has 2 saturated heterocycles. The van der Waals surface area contributed by atoms with Gasteiger partial charge in [-0.05, 0) is 133 Å². The van der Waals surface area contributed by atoms with Gasteiger partial charge >= 0.3 is 6.18 Å². The fourth-order valence-electron chi connectivity index (χ4n) is 13.9. The van der Waals surface area contributed by atoms with Crippen LogP contribution in [0.4, 0.5) is 26.3 Å². The van der Waals surface area contributed by atoms with Gasteiger partial charge in [-0.1, -0.05) is 67.2 Å². The predicted molar refractivity (Wildman–Crippen MR) is 358 cm³/mol. The van der Waals surface area contributed by atoms with E-state index in [-0.39, 0.29) is 75.5 Å². The van der Waals surface area contributed by atoms with Crippen molar-refractivity contribution in [1.82, 2.24) is 60.5 Å². The van der Waals surface area contributed by atoms with Crippen molar-refractivity contribution in [3.05, 3.63) is 0 Å². The van der Waals surface area contributed by atoms with Gasteiger partial charge in [-0.3, -0.25) is 57.5 Å². The average Bonchev–Trinajstić information content (AvgIpc) is 0.878. The second-order valence-electron chi connectivity index (χ2n) is 30.0. The van der Waals surface area contributed by atoms with Crippen molar-refractivity contribution in [1.29, 1.82) is 0 Å². The van der Waals surface area contributed by atoms with E-state index in [2.05, 4.69) is 21.3 Å². The van der Waals surface area contributed by atoms with Gasteiger partial charge in [0.15, 0.2) is 0 Å². The molecule has 30 heteroatoms. The number of likely N-dealkylation sites (tertiary alicyclic amines) is 1. The number of carbonyl (C=O) groups excluding carboxylic acids is 12. The Morgan fingerprint density at radius 1 is 0.545 bits per heavy atom. The molecule has 0 radical (unpaired) electrons. The molecule has 0 aromatic carbocycles. The molecule has 0 bridgehead atoms. The lowest BCUT2D eigenvalue weighted by molar-refractivity contribution is -0.201. The maximum atomic E-state index is 15.2. The second-order valence-corrected chi connectivity index (χ2v) is 30.0. The summed E-state index contributed by atoms with van der Waals surface area (Å²) >= 11 is 0. The Kier molecular flexibility index (Phi) is 32.7. The van der Waals surface area contributed by atoms with Crippen molar-refractivity contribution in [2.45, 2.75) is 250 Å². The first kappa shape index (κ1) is 84.6. The monoisotopic (exact) mass is 1420 g/mol. The molecule has 0 spiro atoms. The van der Waals surface area contributed by atoms with Crippen LogP contribution in [0.2, 0.25) is 0 Å². The van der Waals surface area contributed by atoms with E-state index >= 15 is 9.18 Å². The molecule has 3 unspecified atom stereocenters. The van der Waals surface area contributed by atoms with E-state index in [9.17, 15) is 74.7 Å². The zero-order valence-electron chi connectivity index (χ0n) is 61.1. The molecule has 4 N–H and O–H groups in total. The summed E-state index contributed by atoms with van der Waals surface area (Å²) in [4.78, 5) is 185. The zero-order valence-corrected chi connectivity index (χ0v) is 61.1. The molecule has 4 fully saturated rings. The Balaban J connectivity index is 1.87. The van der Waals surface area contributed by atoms with Gasteiger partial charge in [-0.25, -0.2) is 13.2 Å². The minimum absolute atomic E-state index is 0.000421. The first-order valence-corrected chi connectivity index (χ1v) is 35.4. The number of carbonyl (C=O) groups is 12. The molecule has 2 heterocycles. The summed E-state index contributed by atoms with van der Waals surface area (Å²) < 4.78 is 83.4. The molecule has 24 nitrogen and oxygen atoms in total. The van der Waals surface area contributed by atoms with Crippen molar-refractivity contribution in [2.24, 2.45) is 35.5 Å². The largest absolute Gasteiger partial charge is 0.394 e. The van der Waals surface area contributed by atoms with Crippen molar-refractivity contribution >= 4 is 70.9 Å². The highest BCUT2D eigenvalue weighted by Crippen LogP contribution is 2.43. The van der Waals surface area contributed by atoms with Gasteiger partial charge in [0.25, 0.3) is 0 Å². The third-order valence-corrected chi connectivity index (χ3v) is 19.9. The van der Waals surface area contributed by atoms with Gasteiger partial charge in [0.05, 0.1) is 32.0 Å². The predicted octanol–water partition coefficient (Wildman–Crippen LogP) is 5.69. The smallest absolute Gasteiger partial charge is 0.343 e. The van der Waals surface area contributed by atoms with E-state index in [1.165, 1.54) is 73.0 Å². The number of rotatable bonds is 16. The number of alkyl halides is 6. The van der Waals surface area contributed by atoms with Crippen LogP contribution < -0.4 is 21.3 Å². The Morgan fingerprint density at radius 2 is 1.07 bits per heavy atom. The highest BCUT2D eigenvalue weighted by molar-refractivity contribution is 6.00. The van der Waals surface area contributed by atoms with Crippen molar-refractivity contribution < 1.29 is 83.9 Å². The van der Waals surface area contributed by atoms with Crippen molar-refractivity contribution in [2.75, 3.05) is 82.1 Å². The van der Waals surface area contributed by atoms with Crippen LogP contribution in [0, 0.1) is 35.5 Å². The van der Waals surface area contributed by atoms with Crippen LogP contribution >= 0.6 is 0 Å². The SMILES string of the molecule is CC(C)C[C@H]1C(=O)N[C@@H](C2CCCCC2)C(=O)N(C)CC(=O)N(C)CC(=O)N(C)[C@@H](CCCCC(F)F)C(=O)N(C)CC(=O)N[C@@H](CCC2CCC(C(F)(F)F)C(F)C2)C(=O)N(C)[C@@H](CC(C)C)C(=O)NC(C)(C)C(=O)N(C)[C@@H](CC(C)C)C(=O)N[C@H](C(=O)N2CCCC2)CC(=O)N1C. The molecule has 10 atom stereocenters. The number of halogens is 6. The normalized spacial score (nSPS) is 27.6. The summed E-state index contributed by atoms with van der Waals surface area (Å²) in [5.41, 5.74) is -1.85. The van der Waals surface area contributed by atoms with Crippen LogP contribution in [-0.4, -0.2) is 259 Å². The highest BCUT2D eigenvalue weighted by Gasteiger charge is 2.49. The van der Waals surface area contributed by atoms with E-state index in [0.717, 1.165) is 48.7 Å². The van der Waals surface area contributed by atoms with Gasteiger partial charge in [-0.2, -0.15) is 13.2 Å². The number of nitrogens with one attached hydrogen (secondary N) is 4. The Bertz CT molecular complexity index is 2780. The second kappa shape index (κ2) is 38.3. The third kappa shape index (κ3) is 25.1. The third-order valence-electron chi connectivity index (χ3n) is 19.9. The topological polar surface area (TPSA) is 279 Å². The molecular formula is C69H114F6N12O12. The lowest BCUT2D eigenvalue weighted by Gasteiger charge is -2.38. The summed E-state index contributed by atoms with van der Waals surface area (Å²) in [6.07, 6.45) is -7.79. The maximum absolute atomic E-state index is 15.2. The number of nitrogens with zero attached hydrogens (tertiary/aromatic N) is 8. The van der Waals surface area contributed by atoms with Crippen LogP contribution in [0.3, 0.4) is 0 Å². The molecule has 0 aromatic rings. The zero-order chi connectivity index (χ0) is 74.7. The lowest BCUT2D eigenvalue weighted by Crippen LogP contribution is -2.63. The van der Waals surface area contributed by atoms with Gasteiger partial charge in [0, 0.05) is 68.8 Å². The van der Waals surface area contributed by atoms with Crippen molar-refractivity contribution in [3.63, 3.8) is 0 Å². The Labute approximate surface area is 581 Å². The number of hydrogen-bond donors (Lipinski definition) is 4. The molecule has 2 aliphatic carbocycles. The van der Waals surface area contributed by atoms with Crippen LogP contribution in [0.25, 0.3) is 0 Å². The molecule has 2 saturated carbocycles. The quantitative estimate of drug-likeness (QED) is 0.107. The van der Waals surface area contributed by atoms with E-state index in [0.29, 0.717) is 38.8 Å². The van der Waals surface area contributed by atoms with Gasteiger partial charge in [0.2, 0.25) is 77.3 Å². The number of hydrogen-bond acceptors (Lipinski definition) is 12. The van der Waals surface area contributed by atoms with Gasteiger partial charge in [0.1, 0.15) is 54.0 Å². The summed E-state index contributed by atoms with van der Waals surface area (Å²) in [5, 5.41) is 11.1.